The molecule has 20 heavy (non-hydrogen) atoms. The van der Waals surface area contributed by atoms with Crippen LogP contribution >= 0.6 is 0 Å². The van der Waals surface area contributed by atoms with Gasteiger partial charge in [0.25, 0.3) is 5.91 Å². The number of likely N-dealkylation sites (N-methyl/N-ethyl adjacent to an activating group) is 1. The van der Waals surface area contributed by atoms with Gasteiger partial charge in [-0.15, -0.1) is 0 Å². The lowest BCUT2D eigenvalue weighted by atomic mass is 10.2. The minimum absolute atomic E-state index is 0.109. The Morgan fingerprint density at radius 2 is 2.10 bits per heavy atom. The van der Waals surface area contributed by atoms with Crippen molar-refractivity contribution in [1.82, 2.24) is 14.4 Å². The third-order valence-corrected chi connectivity index (χ3v) is 4.26. The largest absolute Gasteiger partial charge is 0.397 e. The second kappa shape index (κ2) is 6.31. The first kappa shape index (κ1) is 14.9. The Hall–Kier alpha value is -1.49. The predicted molar refractivity (Wildman–Crippen MR) is 81.7 cm³/mol. The summed E-state index contributed by atoms with van der Waals surface area (Å²) in [6.07, 6.45) is 2.90. The molecule has 5 heteroatoms. The quantitative estimate of drug-likeness (QED) is 0.891. The van der Waals surface area contributed by atoms with E-state index in [0.717, 1.165) is 39.1 Å². The van der Waals surface area contributed by atoms with Crippen molar-refractivity contribution in [1.29, 1.82) is 0 Å². The molecule has 0 aromatic carbocycles. The van der Waals surface area contributed by atoms with Gasteiger partial charge in [0.15, 0.2) is 0 Å². The maximum Gasteiger partial charge on any atom is 0.270 e. The zero-order valence-electron chi connectivity index (χ0n) is 12.8. The summed E-state index contributed by atoms with van der Waals surface area (Å²) in [7, 11) is 0. The lowest BCUT2D eigenvalue weighted by Gasteiger charge is -2.26. The first-order valence-corrected chi connectivity index (χ1v) is 7.59. The van der Waals surface area contributed by atoms with Crippen LogP contribution < -0.4 is 5.73 Å². The van der Waals surface area contributed by atoms with Gasteiger partial charge in [0.05, 0.1) is 5.69 Å². The highest BCUT2D eigenvalue weighted by atomic mass is 16.2. The molecule has 0 spiro atoms. The number of carbonyl (C=O) groups excluding carboxylic acids is 1. The fourth-order valence-corrected chi connectivity index (χ4v) is 3.10. The summed E-state index contributed by atoms with van der Waals surface area (Å²) in [4.78, 5) is 17.0. The molecular formula is C15H26N4O. The topological polar surface area (TPSA) is 54.5 Å². The highest BCUT2D eigenvalue weighted by Gasteiger charge is 2.30. The van der Waals surface area contributed by atoms with Crippen molar-refractivity contribution in [3.05, 3.63) is 18.0 Å². The standard InChI is InChI=1S/C15H26N4O/c1-4-17(5-2)13-7-8-19(11-13)15(20)14-9-12(16)10-18(14)6-3/h9-10,13H,4-8,11,16H2,1-3H3. The molecule has 2 heterocycles. The summed E-state index contributed by atoms with van der Waals surface area (Å²) in [5.41, 5.74) is 7.19. The summed E-state index contributed by atoms with van der Waals surface area (Å²) < 4.78 is 1.93. The van der Waals surface area contributed by atoms with Crippen LogP contribution in [-0.4, -0.2) is 52.5 Å². The first-order chi connectivity index (χ1) is 9.60. The van der Waals surface area contributed by atoms with Crippen molar-refractivity contribution in [3.8, 4) is 0 Å². The molecule has 2 rings (SSSR count). The molecule has 1 aliphatic rings. The molecule has 1 amide bonds. The maximum atomic E-state index is 12.6. The van der Waals surface area contributed by atoms with Crippen LogP contribution in [0.25, 0.3) is 0 Å². The summed E-state index contributed by atoms with van der Waals surface area (Å²) >= 11 is 0. The molecule has 2 N–H and O–H groups in total. The second-order valence-corrected chi connectivity index (χ2v) is 5.36. The predicted octanol–water partition coefficient (Wildman–Crippen LogP) is 1.65. The summed E-state index contributed by atoms with van der Waals surface area (Å²) in [5.74, 6) is 0.109. The fraction of sp³-hybridized carbons (Fsp3) is 0.667. The summed E-state index contributed by atoms with van der Waals surface area (Å²) in [5, 5.41) is 0. The number of nitrogens with zero attached hydrogens (tertiary/aromatic N) is 3. The van der Waals surface area contributed by atoms with Crippen LogP contribution in [0.3, 0.4) is 0 Å². The molecule has 0 aliphatic carbocycles. The van der Waals surface area contributed by atoms with E-state index in [1.54, 1.807) is 6.07 Å². The number of aromatic nitrogens is 1. The smallest absolute Gasteiger partial charge is 0.270 e. The lowest BCUT2D eigenvalue weighted by molar-refractivity contribution is 0.0767. The average molecular weight is 278 g/mol. The number of likely N-dealkylation sites (tertiary alicyclic amines) is 1. The van der Waals surface area contributed by atoms with E-state index < -0.39 is 0 Å². The Bertz CT molecular complexity index is 464. The number of hydrogen-bond acceptors (Lipinski definition) is 3. The van der Waals surface area contributed by atoms with Gasteiger partial charge >= 0.3 is 0 Å². The van der Waals surface area contributed by atoms with E-state index in [-0.39, 0.29) is 5.91 Å². The number of anilines is 1. The number of hydrogen-bond donors (Lipinski definition) is 1. The van der Waals surface area contributed by atoms with Crippen LogP contribution in [0.4, 0.5) is 5.69 Å². The Balaban J connectivity index is 2.07. The third-order valence-electron chi connectivity index (χ3n) is 4.26. The van der Waals surface area contributed by atoms with E-state index in [1.165, 1.54) is 0 Å². The molecular weight excluding hydrogens is 252 g/mol. The van der Waals surface area contributed by atoms with Gasteiger partial charge in [0.2, 0.25) is 0 Å². The number of rotatable bonds is 5. The van der Waals surface area contributed by atoms with E-state index in [0.29, 0.717) is 17.4 Å². The summed E-state index contributed by atoms with van der Waals surface area (Å²) in [6, 6.07) is 2.28. The van der Waals surface area contributed by atoms with Crippen molar-refractivity contribution in [3.63, 3.8) is 0 Å². The highest BCUT2D eigenvalue weighted by molar-refractivity contribution is 5.94. The zero-order chi connectivity index (χ0) is 14.7. The zero-order valence-corrected chi connectivity index (χ0v) is 12.8. The summed E-state index contributed by atoms with van der Waals surface area (Å²) in [6.45, 7) is 10.9. The van der Waals surface area contributed by atoms with Gasteiger partial charge in [-0.05, 0) is 32.5 Å². The maximum absolute atomic E-state index is 12.6. The Labute approximate surface area is 121 Å². The molecule has 1 atom stereocenters. The molecule has 0 saturated carbocycles. The second-order valence-electron chi connectivity index (χ2n) is 5.36. The molecule has 1 saturated heterocycles. The Morgan fingerprint density at radius 3 is 2.70 bits per heavy atom. The van der Waals surface area contributed by atoms with Crippen molar-refractivity contribution in [2.24, 2.45) is 0 Å². The molecule has 112 valence electrons. The highest BCUT2D eigenvalue weighted by Crippen LogP contribution is 2.20. The van der Waals surface area contributed by atoms with E-state index in [2.05, 4.69) is 18.7 Å². The SMILES string of the molecule is CCN(CC)C1CCN(C(=O)c2cc(N)cn2CC)C1. The number of aryl methyl sites for hydroxylation is 1. The number of nitrogen functional groups attached to an aromatic ring is 1. The van der Waals surface area contributed by atoms with Gasteiger partial charge in [-0.1, -0.05) is 13.8 Å². The normalized spacial score (nSPS) is 19.0. The third kappa shape index (κ3) is 2.82. The van der Waals surface area contributed by atoms with Crippen molar-refractivity contribution in [2.75, 3.05) is 31.9 Å². The molecule has 1 aromatic heterocycles. The molecule has 0 radical (unpaired) electrons. The van der Waals surface area contributed by atoms with E-state index in [1.807, 2.05) is 22.6 Å². The number of amides is 1. The van der Waals surface area contributed by atoms with Gasteiger partial charge in [0.1, 0.15) is 5.69 Å². The van der Waals surface area contributed by atoms with Crippen LogP contribution in [0.1, 0.15) is 37.7 Å². The van der Waals surface area contributed by atoms with Crippen LogP contribution in [0, 0.1) is 0 Å². The monoisotopic (exact) mass is 278 g/mol. The average Bonchev–Trinajstić information content (AvgIpc) is 3.06. The molecule has 1 aliphatic heterocycles. The van der Waals surface area contributed by atoms with Crippen LogP contribution in [0.5, 0.6) is 0 Å². The van der Waals surface area contributed by atoms with E-state index in [9.17, 15) is 4.79 Å². The van der Waals surface area contributed by atoms with Crippen LogP contribution in [0.15, 0.2) is 12.3 Å². The van der Waals surface area contributed by atoms with Crippen LogP contribution in [-0.2, 0) is 6.54 Å². The molecule has 1 fully saturated rings. The first-order valence-electron chi connectivity index (χ1n) is 7.59. The fourth-order valence-electron chi connectivity index (χ4n) is 3.10. The van der Waals surface area contributed by atoms with E-state index in [4.69, 9.17) is 5.73 Å². The molecule has 5 nitrogen and oxygen atoms in total. The molecule has 1 aromatic rings. The van der Waals surface area contributed by atoms with Crippen molar-refractivity contribution in [2.45, 2.75) is 39.8 Å². The van der Waals surface area contributed by atoms with Gasteiger partial charge in [-0.3, -0.25) is 9.69 Å². The van der Waals surface area contributed by atoms with Gasteiger partial charge < -0.3 is 15.2 Å². The van der Waals surface area contributed by atoms with E-state index >= 15 is 0 Å². The van der Waals surface area contributed by atoms with Crippen molar-refractivity contribution >= 4 is 11.6 Å². The van der Waals surface area contributed by atoms with Gasteiger partial charge in [-0.2, -0.15) is 0 Å². The Kier molecular flexibility index (Phi) is 4.70. The van der Waals surface area contributed by atoms with Gasteiger partial charge in [-0.25, -0.2) is 0 Å². The molecule has 0 bridgehead atoms. The van der Waals surface area contributed by atoms with Crippen LogP contribution in [0.2, 0.25) is 0 Å². The number of nitrogens with two attached hydrogens (primary N) is 1. The van der Waals surface area contributed by atoms with Gasteiger partial charge in [0, 0.05) is 31.9 Å². The van der Waals surface area contributed by atoms with Crippen molar-refractivity contribution < 1.29 is 4.79 Å². The minimum Gasteiger partial charge on any atom is -0.397 e. The Morgan fingerprint density at radius 1 is 1.40 bits per heavy atom. The molecule has 1 unspecified atom stereocenters. The number of carbonyl (C=O) groups is 1. The minimum atomic E-state index is 0.109. The lowest BCUT2D eigenvalue weighted by Crippen LogP contribution is -2.39.